The van der Waals surface area contributed by atoms with E-state index in [0.717, 1.165) is 6.42 Å². The summed E-state index contributed by atoms with van der Waals surface area (Å²) in [6.45, 7) is 1.54. The van der Waals surface area contributed by atoms with Crippen LogP contribution >= 0.6 is 0 Å². The van der Waals surface area contributed by atoms with Crippen molar-refractivity contribution >= 4 is 10.0 Å². The molecule has 1 N–H and O–H groups in total. The van der Waals surface area contributed by atoms with Crippen molar-refractivity contribution in [2.24, 2.45) is 13.0 Å². The molecule has 0 aliphatic carbocycles. The number of sulfonamides is 1. The zero-order chi connectivity index (χ0) is 23.6. The van der Waals surface area contributed by atoms with Gasteiger partial charge < -0.3 is 24.1 Å². The smallest absolute Gasteiger partial charge is 0.406 e. The predicted octanol–water partition coefficient (Wildman–Crippen LogP) is 1.86. The Labute approximate surface area is 189 Å². The van der Waals surface area contributed by atoms with Gasteiger partial charge in [0.05, 0.1) is 19.5 Å². The summed E-state index contributed by atoms with van der Waals surface area (Å²) in [6.07, 6.45) is -1.76. The molecule has 9 nitrogen and oxygen atoms in total. The summed E-state index contributed by atoms with van der Waals surface area (Å²) in [4.78, 5) is 3.97. The number of ether oxygens (including phenoxy) is 3. The average Bonchev–Trinajstić information content (AvgIpc) is 3.39. The van der Waals surface area contributed by atoms with Gasteiger partial charge in [0, 0.05) is 44.8 Å². The number of hydrogen-bond acceptors (Lipinski definition) is 7. The number of hydrogen-bond donors (Lipinski definition) is 1. The quantitative estimate of drug-likeness (QED) is 0.633. The van der Waals surface area contributed by atoms with Crippen molar-refractivity contribution in [3.8, 4) is 5.75 Å². The minimum atomic E-state index is -4.78. The molecule has 33 heavy (non-hydrogen) atoms. The Balaban J connectivity index is 1.49. The molecule has 2 aliphatic heterocycles. The third kappa shape index (κ3) is 5.84. The first-order valence-corrected chi connectivity index (χ1v) is 11.9. The fourth-order valence-electron chi connectivity index (χ4n) is 3.99. The van der Waals surface area contributed by atoms with Crippen LogP contribution in [-0.2, 0) is 33.1 Å². The van der Waals surface area contributed by atoms with Gasteiger partial charge >= 0.3 is 6.36 Å². The number of benzene rings is 1. The molecule has 182 valence electrons. The van der Waals surface area contributed by atoms with Crippen LogP contribution in [0.4, 0.5) is 13.2 Å². The van der Waals surface area contributed by atoms with E-state index in [1.165, 1.54) is 35.0 Å². The predicted molar refractivity (Wildman–Crippen MR) is 110 cm³/mol. The van der Waals surface area contributed by atoms with Crippen molar-refractivity contribution in [3.63, 3.8) is 0 Å². The molecule has 2 saturated heterocycles. The molecule has 0 spiro atoms. The number of aryl methyl sites for hydroxylation is 1. The Kier molecular flexibility index (Phi) is 6.96. The SMILES string of the molecule is Cn1cnc(S(=O)(=O)N2C[C@H](NCc3cccc(OC(F)(F)F)c3)[C@@H](C3OCCCO3)C2)c1. The van der Waals surface area contributed by atoms with Gasteiger partial charge in [-0.2, -0.15) is 4.31 Å². The van der Waals surface area contributed by atoms with Crippen LogP contribution in [-0.4, -0.2) is 67.3 Å². The first-order valence-electron chi connectivity index (χ1n) is 10.4. The van der Waals surface area contributed by atoms with E-state index in [1.54, 1.807) is 17.7 Å². The molecule has 1 aromatic carbocycles. The van der Waals surface area contributed by atoms with Gasteiger partial charge in [-0.25, -0.2) is 13.4 Å². The second-order valence-corrected chi connectivity index (χ2v) is 9.89. The van der Waals surface area contributed by atoms with Crippen molar-refractivity contribution in [2.45, 2.75) is 36.7 Å². The maximum absolute atomic E-state index is 13.1. The molecule has 0 saturated carbocycles. The summed E-state index contributed by atoms with van der Waals surface area (Å²) >= 11 is 0. The van der Waals surface area contributed by atoms with E-state index >= 15 is 0 Å². The zero-order valence-electron chi connectivity index (χ0n) is 17.9. The van der Waals surface area contributed by atoms with E-state index in [0.29, 0.717) is 18.8 Å². The van der Waals surface area contributed by atoms with E-state index in [9.17, 15) is 21.6 Å². The number of alkyl halides is 3. The Morgan fingerprint density at radius 3 is 2.67 bits per heavy atom. The first-order chi connectivity index (χ1) is 15.6. The Morgan fingerprint density at radius 1 is 1.24 bits per heavy atom. The zero-order valence-corrected chi connectivity index (χ0v) is 18.7. The summed E-state index contributed by atoms with van der Waals surface area (Å²) < 4.78 is 82.1. The van der Waals surface area contributed by atoms with Gasteiger partial charge in [0.25, 0.3) is 10.0 Å². The van der Waals surface area contributed by atoms with Crippen LogP contribution in [0.1, 0.15) is 12.0 Å². The van der Waals surface area contributed by atoms with E-state index in [4.69, 9.17) is 9.47 Å². The Morgan fingerprint density at radius 2 is 2.00 bits per heavy atom. The topological polar surface area (TPSA) is 94.9 Å². The third-order valence-electron chi connectivity index (χ3n) is 5.52. The lowest BCUT2D eigenvalue weighted by atomic mass is 10.0. The highest BCUT2D eigenvalue weighted by molar-refractivity contribution is 7.89. The lowest BCUT2D eigenvalue weighted by Gasteiger charge is -2.31. The van der Waals surface area contributed by atoms with E-state index in [-0.39, 0.29) is 42.4 Å². The van der Waals surface area contributed by atoms with Gasteiger partial charge in [-0.05, 0) is 24.1 Å². The fraction of sp³-hybridized carbons (Fsp3) is 0.550. The second-order valence-electron chi connectivity index (χ2n) is 8.01. The molecular formula is C20H25F3N4O5S. The van der Waals surface area contributed by atoms with E-state index in [1.807, 2.05) is 0 Å². The Hall–Kier alpha value is -2.19. The van der Waals surface area contributed by atoms with Crippen molar-refractivity contribution in [2.75, 3.05) is 26.3 Å². The van der Waals surface area contributed by atoms with Gasteiger partial charge in [0.2, 0.25) is 0 Å². The van der Waals surface area contributed by atoms with E-state index < -0.39 is 22.7 Å². The number of rotatable bonds is 7. The summed E-state index contributed by atoms with van der Waals surface area (Å²) in [6, 6.07) is 5.30. The third-order valence-corrected chi connectivity index (χ3v) is 7.24. The fourth-order valence-corrected chi connectivity index (χ4v) is 5.46. The molecule has 0 amide bonds. The molecule has 2 atom stereocenters. The molecule has 0 radical (unpaired) electrons. The number of aromatic nitrogens is 2. The summed E-state index contributed by atoms with van der Waals surface area (Å²) in [5.41, 5.74) is 0.562. The highest BCUT2D eigenvalue weighted by Crippen LogP contribution is 2.30. The molecule has 13 heteroatoms. The lowest BCUT2D eigenvalue weighted by molar-refractivity contribution is -0.274. The molecule has 3 heterocycles. The first kappa shape index (κ1) is 24.0. The lowest BCUT2D eigenvalue weighted by Crippen LogP contribution is -2.44. The normalized spacial score (nSPS) is 23.2. The Bertz CT molecular complexity index is 1060. The van der Waals surface area contributed by atoms with Gasteiger partial charge in [-0.1, -0.05) is 12.1 Å². The molecule has 0 bridgehead atoms. The van der Waals surface area contributed by atoms with E-state index in [2.05, 4.69) is 15.0 Å². The molecule has 2 aliphatic rings. The van der Waals surface area contributed by atoms with Crippen molar-refractivity contribution in [1.82, 2.24) is 19.2 Å². The molecule has 2 fully saturated rings. The molecule has 4 rings (SSSR count). The summed E-state index contributed by atoms with van der Waals surface area (Å²) in [5.74, 6) is -0.624. The van der Waals surface area contributed by atoms with Crippen LogP contribution in [0.2, 0.25) is 0 Å². The van der Waals surface area contributed by atoms with Crippen LogP contribution in [0.25, 0.3) is 0 Å². The molecule has 2 aromatic rings. The standard InChI is InChI=1S/C20H25F3N4O5S/c1-26-12-18(25-13-26)33(28,29)27-10-16(19-30-6-3-7-31-19)17(11-27)24-9-14-4-2-5-15(8-14)32-20(21,22)23/h2,4-5,8,12-13,16-17,19,24H,3,6-7,9-11H2,1H3/t16-,17-/m0/s1. The maximum Gasteiger partial charge on any atom is 0.573 e. The van der Waals surface area contributed by atoms with Gasteiger partial charge in [0.15, 0.2) is 11.3 Å². The highest BCUT2D eigenvalue weighted by Gasteiger charge is 2.44. The van der Waals surface area contributed by atoms with Crippen molar-refractivity contribution in [3.05, 3.63) is 42.4 Å². The number of nitrogens with one attached hydrogen (secondary N) is 1. The minimum absolute atomic E-state index is 0.0492. The molecule has 1 aromatic heterocycles. The number of nitrogens with zero attached hydrogens (tertiary/aromatic N) is 3. The number of imidazole rings is 1. The maximum atomic E-state index is 13.1. The van der Waals surface area contributed by atoms with Crippen LogP contribution in [0.5, 0.6) is 5.75 Å². The largest absolute Gasteiger partial charge is 0.573 e. The van der Waals surface area contributed by atoms with Crippen LogP contribution < -0.4 is 10.1 Å². The average molecular weight is 491 g/mol. The van der Waals surface area contributed by atoms with Crippen LogP contribution in [0, 0.1) is 5.92 Å². The van der Waals surface area contributed by atoms with Crippen molar-refractivity contribution in [1.29, 1.82) is 0 Å². The highest BCUT2D eigenvalue weighted by atomic mass is 32.2. The second kappa shape index (κ2) is 9.58. The molecule has 0 unspecified atom stereocenters. The number of halogens is 3. The van der Waals surface area contributed by atoms with Crippen molar-refractivity contribution < 1.29 is 35.8 Å². The van der Waals surface area contributed by atoms with Gasteiger partial charge in [-0.3, -0.25) is 0 Å². The van der Waals surface area contributed by atoms with Crippen LogP contribution in [0.3, 0.4) is 0 Å². The summed E-state index contributed by atoms with van der Waals surface area (Å²) in [5, 5.41) is 3.22. The monoisotopic (exact) mass is 490 g/mol. The minimum Gasteiger partial charge on any atom is -0.406 e. The van der Waals surface area contributed by atoms with Gasteiger partial charge in [0.1, 0.15) is 5.75 Å². The van der Waals surface area contributed by atoms with Crippen LogP contribution in [0.15, 0.2) is 41.8 Å². The molecular weight excluding hydrogens is 465 g/mol. The van der Waals surface area contributed by atoms with Gasteiger partial charge in [-0.15, -0.1) is 13.2 Å². The summed E-state index contributed by atoms with van der Waals surface area (Å²) in [7, 11) is -2.14.